The van der Waals surface area contributed by atoms with Crippen LogP contribution >= 0.6 is 15.9 Å². The van der Waals surface area contributed by atoms with Crippen LogP contribution in [0.2, 0.25) is 0 Å². The van der Waals surface area contributed by atoms with Gasteiger partial charge >= 0.3 is 0 Å². The predicted molar refractivity (Wildman–Crippen MR) is 55.8 cm³/mol. The second-order valence-corrected chi connectivity index (χ2v) is 4.68. The number of halogens is 1. The van der Waals surface area contributed by atoms with Gasteiger partial charge in [-0.1, -0.05) is 13.8 Å². The summed E-state index contributed by atoms with van der Waals surface area (Å²) in [4.78, 5) is 8.62. The van der Waals surface area contributed by atoms with Crippen LogP contribution in [0, 0.1) is 0 Å². The van der Waals surface area contributed by atoms with E-state index in [9.17, 15) is 0 Å². The molecule has 70 valence electrons. The Morgan fingerprint density at radius 1 is 1.38 bits per heavy atom. The summed E-state index contributed by atoms with van der Waals surface area (Å²) in [6.45, 7) is 4.31. The van der Waals surface area contributed by atoms with Crippen molar-refractivity contribution < 1.29 is 0 Å². The second-order valence-electron chi connectivity index (χ2n) is 3.89. The Balaban J connectivity index is 2.41. The average molecular weight is 241 g/mol. The SMILES string of the molecule is CC(C)c1ncnc(C2CC2)c1Br. The molecule has 1 aliphatic carbocycles. The lowest BCUT2D eigenvalue weighted by molar-refractivity contribution is 0.791. The third-order valence-electron chi connectivity index (χ3n) is 2.35. The van der Waals surface area contributed by atoms with Crippen molar-refractivity contribution >= 4 is 15.9 Å². The van der Waals surface area contributed by atoms with Crippen LogP contribution in [0.5, 0.6) is 0 Å². The van der Waals surface area contributed by atoms with E-state index in [1.807, 2.05) is 0 Å². The molecule has 1 fully saturated rings. The van der Waals surface area contributed by atoms with Gasteiger partial charge < -0.3 is 0 Å². The fourth-order valence-corrected chi connectivity index (χ4v) is 2.43. The first-order valence-electron chi connectivity index (χ1n) is 4.70. The maximum atomic E-state index is 4.33. The molecule has 0 bridgehead atoms. The van der Waals surface area contributed by atoms with Gasteiger partial charge in [-0.2, -0.15) is 0 Å². The van der Waals surface area contributed by atoms with Gasteiger partial charge in [-0.15, -0.1) is 0 Å². The Morgan fingerprint density at radius 3 is 2.62 bits per heavy atom. The van der Waals surface area contributed by atoms with E-state index in [0.29, 0.717) is 11.8 Å². The van der Waals surface area contributed by atoms with Gasteiger partial charge in [-0.3, -0.25) is 0 Å². The lowest BCUT2D eigenvalue weighted by atomic mass is 10.1. The maximum Gasteiger partial charge on any atom is 0.116 e. The Morgan fingerprint density at radius 2 is 2.08 bits per heavy atom. The van der Waals surface area contributed by atoms with Crippen LogP contribution in [0.15, 0.2) is 10.8 Å². The zero-order valence-electron chi connectivity index (χ0n) is 7.92. The van der Waals surface area contributed by atoms with Crippen LogP contribution in [0.4, 0.5) is 0 Å². The van der Waals surface area contributed by atoms with E-state index in [4.69, 9.17) is 0 Å². The summed E-state index contributed by atoms with van der Waals surface area (Å²) < 4.78 is 1.13. The molecule has 2 nitrogen and oxygen atoms in total. The van der Waals surface area contributed by atoms with E-state index < -0.39 is 0 Å². The molecule has 0 amide bonds. The van der Waals surface area contributed by atoms with Gasteiger partial charge in [0.05, 0.1) is 15.9 Å². The largest absolute Gasteiger partial charge is 0.240 e. The zero-order chi connectivity index (χ0) is 9.42. The van der Waals surface area contributed by atoms with Gasteiger partial charge in [0.2, 0.25) is 0 Å². The molecule has 3 heteroatoms. The summed E-state index contributed by atoms with van der Waals surface area (Å²) in [6, 6.07) is 0. The highest BCUT2D eigenvalue weighted by Gasteiger charge is 2.28. The van der Waals surface area contributed by atoms with E-state index in [1.165, 1.54) is 18.5 Å². The summed E-state index contributed by atoms with van der Waals surface area (Å²) >= 11 is 3.60. The highest BCUT2D eigenvalue weighted by molar-refractivity contribution is 9.10. The van der Waals surface area contributed by atoms with Crippen molar-refractivity contribution in [2.45, 2.75) is 38.5 Å². The minimum absolute atomic E-state index is 0.467. The van der Waals surface area contributed by atoms with Crippen LogP contribution in [0.1, 0.15) is 49.9 Å². The summed E-state index contributed by atoms with van der Waals surface area (Å²) in [5.41, 5.74) is 2.34. The molecular formula is C10H13BrN2. The van der Waals surface area contributed by atoms with Crippen molar-refractivity contribution in [1.29, 1.82) is 0 Å². The minimum atomic E-state index is 0.467. The third-order valence-corrected chi connectivity index (χ3v) is 3.17. The normalized spacial score (nSPS) is 16.6. The van der Waals surface area contributed by atoms with E-state index in [1.54, 1.807) is 6.33 Å². The molecule has 0 spiro atoms. The van der Waals surface area contributed by atoms with Crippen molar-refractivity contribution in [2.75, 3.05) is 0 Å². The zero-order valence-corrected chi connectivity index (χ0v) is 9.50. The molecule has 1 aromatic heterocycles. The molecule has 0 saturated heterocycles. The molecule has 13 heavy (non-hydrogen) atoms. The van der Waals surface area contributed by atoms with E-state index in [2.05, 4.69) is 39.7 Å². The highest BCUT2D eigenvalue weighted by Crippen LogP contribution is 2.43. The molecule has 1 heterocycles. The van der Waals surface area contributed by atoms with Crippen LogP contribution in [-0.2, 0) is 0 Å². The number of hydrogen-bond donors (Lipinski definition) is 0. The minimum Gasteiger partial charge on any atom is -0.240 e. The maximum absolute atomic E-state index is 4.33. The van der Waals surface area contributed by atoms with Crippen LogP contribution in [-0.4, -0.2) is 9.97 Å². The van der Waals surface area contributed by atoms with Crippen molar-refractivity contribution in [3.63, 3.8) is 0 Å². The van der Waals surface area contributed by atoms with Crippen LogP contribution in [0.25, 0.3) is 0 Å². The molecule has 0 N–H and O–H groups in total. The van der Waals surface area contributed by atoms with E-state index in [0.717, 1.165) is 10.2 Å². The van der Waals surface area contributed by atoms with Gasteiger partial charge in [-0.05, 0) is 34.7 Å². The predicted octanol–water partition coefficient (Wildman–Crippen LogP) is 3.24. The standard InChI is InChI=1S/C10H13BrN2/c1-6(2)9-8(11)10(7-3-4-7)13-5-12-9/h5-7H,3-4H2,1-2H3. The molecule has 0 unspecified atom stereocenters. The van der Waals surface area contributed by atoms with Gasteiger partial charge in [0, 0.05) is 5.92 Å². The fourth-order valence-electron chi connectivity index (χ4n) is 1.44. The Hall–Kier alpha value is -0.440. The van der Waals surface area contributed by atoms with Gasteiger partial charge in [0.15, 0.2) is 0 Å². The monoisotopic (exact) mass is 240 g/mol. The molecule has 0 radical (unpaired) electrons. The molecule has 2 rings (SSSR count). The molecule has 1 aromatic rings. The third kappa shape index (κ3) is 1.75. The summed E-state index contributed by atoms with van der Waals surface area (Å²) in [6.07, 6.45) is 4.26. The summed E-state index contributed by atoms with van der Waals surface area (Å²) in [5.74, 6) is 1.16. The Bertz CT molecular complexity index is 298. The summed E-state index contributed by atoms with van der Waals surface area (Å²) in [5, 5.41) is 0. The van der Waals surface area contributed by atoms with Gasteiger partial charge in [-0.25, -0.2) is 9.97 Å². The first-order chi connectivity index (χ1) is 6.20. The fraction of sp³-hybridized carbons (Fsp3) is 0.600. The smallest absolute Gasteiger partial charge is 0.116 e. The topological polar surface area (TPSA) is 25.8 Å². The Labute approximate surface area is 86.9 Å². The van der Waals surface area contributed by atoms with Crippen LogP contribution < -0.4 is 0 Å². The number of nitrogens with zero attached hydrogens (tertiary/aromatic N) is 2. The molecule has 0 aliphatic heterocycles. The van der Waals surface area contributed by atoms with Crippen molar-refractivity contribution in [3.8, 4) is 0 Å². The number of aromatic nitrogens is 2. The molecule has 1 saturated carbocycles. The Kier molecular flexibility index (Phi) is 2.37. The highest BCUT2D eigenvalue weighted by atomic mass is 79.9. The van der Waals surface area contributed by atoms with E-state index in [-0.39, 0.29) is 0 Å². The molecular weight excluding hydrogens is 228 g/mol. The quantitative estimate of drug-likeness (QED) is 0.794. The van der Waals surface area contributed by atoms with E-state index >= 15 is 0 Å². The lowest BCUT2D eigenvalue weighted by Gasteiger charge is -2.09. The molecule has 1 aliphatic rings. The number of hydrogen-bond acceptors (Lipinski definition) is 2. The lowest BCUT2D eigenvalue weighted by Crippen LogP contribution is -1.99. The number of rotatable bonds is 2. The first-order valence-corrected chi connectivity index (χ1v) is 5.49. The van der Waals surface area contributed by atoms with Crippen molar-refractivity contribution in [1.82, 2.24) is 9.97 Å². The van der Waals surface area contributed by atoms with Gasteiger partial charge in [0.1, 0.15) is 6.33 Å². The average Bonchev–Trinajstić information content (AvgIpc) is 2.87. The summed E-state index contributed by atoms with van der Waals surface area (Å²) in [7, 11) is 0. The van der Waals surface area contributed by atoms with Crippen molar-refractivity contribution in [3.05, 3.63) is 22.2 Å². The first kappa shape index (κ1) is 9.13. The second kappa shape index (κ2) is 3.37. The van der Waals surface area contributed by atoms with Gasteiger partial charge in [0.25, 0.3) is 0 Å². The van der Waals surface area contributed by atoms with Crippen LogP contribution in [0.3, 0.4) is 0 Å². The molecule has 0 atom stereocenters. The van der Waals surface area contributed by atoms with Crippen molar-refractivity contribution in [2.24, 2.45) is 0 Å². The molecule has 0 aromatic carbocycles.